The molecule has 0 bridgehead atoms. The van der Waals surface area contributed by atoms with Gasteiger partial charge in [0.15, 0.2) is 5.58 Å². The van der Waals surface area contributed by atoms with E-state index in [2.05, 4.69) is 10.3 Å². The van der Waals surface area contributed by atoms with Gasteiger partial charge in [-0.2, -0.15) is 5.10 Å². The van der Waals surface area contributed by atoms with Crippen LogP contribution in [0.5, 0.6) is 5.75 Å². The van der Waals surface area contributed by atoms with Crippen LogP contribution in [0.25, 0.3) is 11.0 Å². The zero-order valence-corrected chi connectivity index (χ0v) is 10.3. The fourth-order valence-electron chi connectivity index (χ4n) is 2.07. The van der Waals surface area contributed by atoms with Gasteiger partial charge in [-0.1, -0.05) is 5.16 Å². The number of hydrogen-bond acceptors (Lipinski definition) is 4. The highest BCUT2D eigenvalue weighted by atomic mass is 16.5. The van der Waals surface area contributed by atoms with E-state index < -0.39 is 0 Å². The van der Waals surface area contributed by atoms with E-state index in [0.717, 1.165) is 28.0 Å². The second-order valence-electron chi connectivity index (χ2n) is 4.14. The van der Waals surface area contributed by atoms with E-state index in [1.54, 1.807) is 13.3 Å². The zero-order chi connectivity index (χ0) is 12.5. The number of benzene rings is 1. The second-order valence-corrected chi connectivity index (χ2v) is 4.14. The van der Waals surface area contributed by atoms with Crippen LogP contribution < -0.4 is 4.74 Å². The first-order chi connectivity index (χ1) is 8.78. The van der Waals surface area contributed by atoms with Crippen molar-refractivity contribution in [2.45, 2.75) is 13.5 Å². The highest BCUT2D eigenvalue weighted by Gasteiger charge is 2.12. The number of methoxy groups -OCH3 is 1. The molecule has 0 atom stereocenters. The molecule has 0 saturated heterocycles. The predicted octanol–water partition coefficient (Wildman–Crippen LogP) is 2.39. The lowest BCUT2D eigenvalue weighted by Gasteiger charge is -2.06. The van der Waals surface area contributed by atoms with Crippen LogP contribution in [0.4, 0.5) is 0 Å². The Morgan fingerprint density at radius 1 is 1.39 bits per heavy atom. The average molecular weight is 243 g/mol. The molecule has 0 spiro atoms. The molecule has 0 unspecified atom stereocenters. The number of rotatable bonds is 3. The van der Waals surface area contributed by atoms with Gasteiger partial charge in [0.25, 0.3) is 0 Å². The van der Waals surface area contributed by atoms with Crippen molar-refractivity contribution in [1.29, 1.82) is 0 Å². The van der Waals surface area contributed by atoms with Crippen LogP contribution in [0.1, 0.15) is 11.3 Å². The van der Waals surface area contributed by atoms with Gasteiger partial charge >= 0.3 is 0 Å². The molecule has 2 aromatic heterocycles. The Morgan fingerprint density at radius 3 is 3.00 bits per heavy atom. The Morgan fingerprint density at radius 2 is 2.28 bits per heavy atom. The van der Waals surface area contributed by atoms with Crippen molar-refractivity contribution in [3.05, 3.63) is 41.9 Å². The molecular weight excluding hydrogens is 230 g/mol. The number of hydrogen-bond donors (Lipinski definition) is 0. The molecule has 18 heavy (non-hydrogen) atoms. The summed E-state index contributed by atoms with van der Waals surface area (Å²) < 4.78 is 12.5. The molecule has 0 aliphatic carbocycles. The number of aryl methyl sites for hydroxylation is 1. The van der Waals surface area contributed by atoms with Crippen molar-refractivity contribution < 1.29 is 9.26 Å². The van der Waals surface area contributed by atoms with Gasteiger partial charge in [0.2, 0.25) is 0 Å². The van der Waals surface area contributed by atoms with E-state index in [0.29, 0.717) is 6.54 Å². The minimum atomic E-state index is 0.680. The lowest BCUT2D eigenvalue weighted by molar-refractivity contribution is 0.418. The first-order valence-electron chi connectivity index (χ1n) is 5.68. The maximum atomic E-state index is 5.40. The van der Waals surface area contributed by atoms with Crippen molar-refractivity contribution in [1.82, 2.24) is 14.9 Å². The minimum Gasteiger partial charge on any atom is -0.496 e. The molecule has 0 radical (unpaired) electrons. The highest BCUT2D eigenvalue weighted by Crippen LogP contribution is 2.30. The Hall–Kier alpha value is -2.30. The summed E-state index contributed by atoms with van der Waals surface area (Å²) in [6.45, 7) is 2.58. The van der Waals surface area contributed by atoms with E-state index in [1.165, 1.54) is 0 Å². The number of ether oxygens (including phenoxy) is 1. The molecule has 5 heteroatoms. The summed E-state index contributed by atoms with van der Waals surface area (Å²) in [5.41, 5.74) is 2.65. The molecule has 3 aromatic rings. The van der Waals surface area contributed by atoms with Crippen LogP contribution in [0.3, 0.4) is 0 Å². The fraction of sp³-hybridized carbons (Fsp3) is 0.231. The third-order valence-electron chi connectivity index (χ3n) is 2.89. The van der Waals surface area contributed by atoms with Crippen molar-refractivity contribution in [2.24, 2.45) is 0 Å². The maximum Gasteiger partial charge on any atom is 0.171 e. The largest absolute Gasteiger partial charge is 0.496 e. The Bertz CT molecular complexity index is 671. The SMILES string of the molecule is COc1cc(Cn2cccn2)cc2onc(C)c12. The summed E-state index contributed by atoms with van der Waals surface area (Å²) in [7, 11) is 1.65. The van der Waals surface area contributed by atoms with Gasteiger partial charge in [-0.3, -0.25) is 4.68 Å². The summed E-state index contributed by atoms with van der Waals surface area (Å²) >= 11 is 0. The molecule has 2 heterocycles. The van der Waals surface area contributed by atoms with Gasteiger partial charge in [0.1, 0.15) is 5.75 Å². The third kappa shape index (κ3) is 1.73. The van der Waals surface area contributed by atoms with E-state index in [9.17, 15) is 0 Å². The molecule has 3 rings (SSSR count). The van der Waals surface area contributed by atoms with Crippen LogP contribution in [0, 0.1) is 6.92 Å². The quantitative estimate of drug-likeness (QED) is 0.708. The molecule has 1 aromatic carbocycles. The maximum absolute atomic E-state index is 5.40. The first kappa shape index (κ1) is 10.8. The minimum absolute atomic E-state index is 0.680. The Labute approximate surface area is 104 Å². The molecule has 0 N–H and O–H groups in total. The van der Waals surface area contributed by atoms with Gasteiger partial charge in [0.05, 0.1) is 24.7 Å². The monoisotopic (exact) mass is 243 g/mol. The van der Waals surface area contributed by atoms with E-state index in [4.69, 9.17) is 9.26 Å². The van der Waals surface area contributed by atoms with Crippen LogP contribution in [-0.2, 0) is 6.54 Å². The zero-order valence-electron chi connectivity index (χ0n) is 10.3. The molecule has 0 amide bonds. The number of aromatic nitrogens is 3. The molecule has 0 aliphatic rings. The molecule has 92 valence electrons. The summed E-state index contributed by atoms with van der Waals surface area (Å²) in [6, 6.07) is 5.86. The summed E-state index contributed by atoms with van der Waals surface area (Å²) in [4.78, 5) is 0. The van der Waals surface area contributed by atoms with Gasteiger partial charge in [-0.05, 0) is 30.7 Å². The summed E-state index contributed by atoms with van der Waals surface area (Å²) in [6.07, 6.45) is 3.68. The van der Waals surface area contributed by atoms with E-state index >= 15 is 0 Å². The third-order valence-corrected chi connectivity index (χ3v) is 2.89. The summed E-state index contributed by atoms with van der Waals surface area (Å²) in [5.74, 6) is 0.786. The van der Waals surface area contributed by atoms with Gasteiger partial charge < -0.3 is 9.26 Å². The van der Waals surface area contributed by atoms with E-state index in [1.807, 2.05) is 36.0 Å². The normalized spacial score (nSPS) is 11.0. The topological polar surface area (TPSA) is 53.1 Å². The molecule has 0 fully saturated rings. The number of fused-ring (bicyclic) bond motifs is 1. The lowest BCUT2D eigenvalue weighted by Crippen LogP contribution is -2.00. The van der Waals surface area contributed by atoms with Gasteiger partial charge in [-0.15, -0.1) is 0 Å². The smallest absolute Gasteiger partial charge is 0.171 e. The van der Waals surface area contributed by atoms with Crippen LogP contribution in [0.15, 0.2) is 35.1 Å². The second kappa shape index (κ2) is 4.18. The fourth-order valence-corrected chi connectivity index (χ4v) is 2.07. The van der Waals surface area contributed by atoms with Gasteiger partial charge in [-0.25, -0.2) is 0 Å². The highest BCUT2D eigenvalue weighted by molar-refractivity contribution is 5.86. The Balaban J connectivity index is 2.08. The molecular formula is C13H13N3O2. The van der Waals surface area contributed by atoms with Crippen LogP contribution in [-0.4, -0.2) is 22.0 Å². The first-order valence-corrected chi connectivity index (χ1v) is 5.68. The number of nitrogens with zero attached hydrogens (tertiary/aromatic N) is 3. The molecule has 5 nitrogen and oxygen atoms in total. The molecule has 0 aliphatic heterocycles. The van der Waals surface area contributed by atoms with Crippen LogP contribution >= 0.6 is 0 Å². The van der Waals surface area contributed by atoms with Crippen molar-refractivity contribution in [3.63, 3.8) is 0 Å². The van der Waals surface area contributed by atoms with Crippen molar-refractivity contribution in [3.8, 4) is 5.75 Å². The Kier molecular flexibility index (Phi) is 2.51. The van der Waals surface area contributed by atoms with Crippen molar-refractivity contribution in [2.75, 3.05) is 7.11 Å². The van der Waals surface area contributed by atoms with Gasteiger partial charge in [0, 0.05) is 12.4 Å². The standard InChI is InChI=1S/C13H13N3O2/c1-9-13-11(17-2)6-10(7-12(13)18-15-9)8-16-5-3-4-14-16/h3-7H,8H2,1-2H3. The van der Waals surface area contributed by atoms with Crippen LogP contribution in [0.2, 0.25) is 0 Å². The van der Waals surface area contributed by atoms with E-state index in [-0.39, 0.29) is 0 Å². The average Bonchev–Trinajstić information content (AvgIpc) is 2.99. The molecule has 0 saturated carbocycles. The van der Waals surface area contributed by atoms with Crippen molar-refractivity contribution >= 4 is 11.0 Å². The predicted molar refractivity (Wildman–Crippen MR) is 66.6 cm³/mol. The summed E-state index contributed by atoms with van der Waals surface area (Å²) in [5, 5.41) is 9.08. The lowest BCUT2D eigenvalue weighted by atomic mass is 10.1.